The standard InChI is InChI=1S/C13H22N2O/c1-3-11(2)9-15-12(16)13(10-14)7-5-4-6-8-13/h11H,3-9H2,1-2H3,(H,15,16). The summed E-state index contributed by atoms with van der Waals surface area (Å²) in [7, 11) is 0. The molecule has 0 saturated heterocycles. The van der Waals surface area contributed by atoms with Gasteiger partial charge >= 0.3 is 0 Å². The number of nitrogens with zero attached hydrogens (tertiary/aromatic N) is 1. The molecule has 0 aromatic heterocycles. The van der Waals surface area contributed by atoms with E-state index in [0.717, 1.165) is 38.5 Å². The summed E-state index contributed by atoms with van der Waals surface area (Å²) >= 11 is 0. The lowest BCUT2D eigenvalue weighted by atomic mass is 9.74. The van der Waals surface area contributed by atoms with E-state index in [-0.39, 0.29) is 5.91 Å². The fraction of sp³-hybridized carbons (Fsp3) is 0.846. The molecule has 0 spiro atoms. The molecule has 0 aliphatic heterocycles. The predicted molar refractivity (Wildman–Crippen MR) is 63.6 cm³/mol. The lowest BCUT2D eigenvalue weighted by Gasteiger charge is -2.29. The van der Waals surface area contributed by atoms with E-state index in [0.29, 0.717) is 12.5 Å². The molecular formula is C13H22N2O. The van der Waals surface area contributed by atoms with Crippen molar-refractivity contribution < 1.29 is 4.79 Å². The Hall–Kier alpha value is -1.04. The third-order valence-electron chi connectivity index (χ3n) is 3.66. The Bertz CT molecular complexity index is 274. The Labute approximate surface area is 98.2 Å². The highest BCUT2D eigenvalue weighted by Crippen LogP contribution is 2.35. The van der Waals surface area contributed by atoms with E-state index in [1.807, 2.05) is 0 Å². The lowest BCUT2D eigenvalue weighted by Crippen LogP contribution is -2.42. The summed E-state index contributed by atoms with van der Waals surface area (Å²) in [6, 6.07) is 2.25. The van der Waals surface area contributed by atoms with Crippen LogP contribution < -0.4 is 5.32 Å². The van der Waals surface area contributed by atoms with Crippen LogP contribution in [0.4, 0.5) is 0 Å². The Morgan fingerprint density at radius 2 is 2.06 bits per heavy atom. The molecule has 3 nitrogen and oxygen atoms in total. The van der Waals surface area contributed by atoms with Gasteiger partial charge in [-0.25, -0.2) is 0 Å². The van der Waals surface area contributed by atoms with Gasteiger partial charge in [-0.15, -0.1) is 0 Å². The first-order valence-electron chi connectivity index (χ1n) is 6.34. The number of hydrogen-bond donors (Lipinski definition) is 1. The van der Waals surface area contributed by atoms with Crippen LogP contribution in [0.2, 0.25) is 0 Å². The van der Waals surface area contributed by atoms with Crippen LogP contribution in [0.5, 0.6) is 0 Å². The first-order chi connectivity index (χ1) is 7.64. The van der Waals surface area contributed by atoms with Crippen molar-refractivity contribution in [2.24, 2.45) is 11.3 Å². The van der Waals surface area contributed by atoms with E-state index in [9.17, 15) is 10.1 Å². The van der Waals surface area contributed by atoms with Gasteiger partial charge in [-0.1, -0.05) is 39.5 Å². The number of amides is 1. The molecule has 0 bridgehead atoms. The van der Waals surface area contributed by atoms with Gasteiger partial charge in [0.25, 0.3) is 0 Å². The van der Waals surface area contributed by atoms with Gasteiger partial charge in [-0.2, -0.15) is 5.26 Å². The summed E-state index contributed by atoms with van der Waals surface area (Å²) in [6.07, 6.45) is 5.68. The number of nitriles is 1. The molecule has 0 heterocycles. The molecule has 16 heavy (non-hydrogen) atoms. The number of carbonyl (C=O) groups is 1. The molecule has 1 amide bonds. The molecule has 1 atom stereocenters. The van der Waals surface area contributed by atoms with E-state index >= 15 is 0 Å². The summed E-state index contributed by atoms with van der Waals surface area (Å²) in [5.41, 5.74) is -0.730. The van der Waals surface area contributed by atoms with Crippen molar-refractivity contribution >= 4 is 5.91 Å². The molecule has 1 rings (SSSR count). The summed E-state index contributed by atoms with van der Waals surface area (Å²) in [5, 5.41) is 12.2. The predicted octanol–water partition coefficient (Wildman–Crippen LogP) is 2.62. The number of rotatable bonds is 4. The summed E-state index contributed by atoms with van der Waals surface area (Å²) < 4.78 is 0. The quantitative estimate of drug-likeness (QED) is 0.795. The second-order valence-corrected chi connectivity index (χ2v) is 4.98. The van der Waals surface area contributed by atoms with Crippen LogP contribution in [0.25, 0.3) is 0 Å². The smallest absolute Gasteiger partial charge is 0.240 e. The molecule has 1 N–H and O–H groups in total. The zero-order valence-corrected chi connectivity index (χ0v) is 10.4. The highest BCUT2D eigenvalue weighted by Gasteiger charge is 2.39. The van der Waals surface area contributed by atoms with Gasteiger partial charge in [0.1, 0.15) is 5.41 Å². The fourth-order valence-electron chi connectivity index (χ4n) is 2.13. The first kappa shape index (κ1) is 13.0. The summed E-state index contributed by atoms with van der Waals surface area (Å²) in [6.45, 7) is 4.91. The molecule has 3 heteroatoms. The molecule has 0 radical (unpaired) electrons. The maximum atomic E-state index is 12.0. The minimum Gasteiger partial charge on any atom is -0.354 e. The fourth-order valence-corrected chi connectivity index (χ4v) is 2.13. The van der Waals surface area contributed by atoms with Crippen molar-refractivity contribution in [2.45, 2.75) is 52.4 Å². The van der Waals surface area contributed by atoms with Gasteiger partial charge in [-0.3, -0.25) is 4.79 Å². The number of hydrogen-bond acceptors (Lipinski definition) is 2. The normalized spacial score (nSPS) is 20.8. The summed E-state index contributed by atoms with van der Waals surface area (Å²) in [4.78, 5) is 12.0. The largest absolute Gasteiger partial charge is 0.354 e. The lowest BCUT2D eigenvalue weighted by molar-refractivity contribution is -0.129. The van der Waals surface area contributed by atoms with E-state index in [1.54, 1.807) is 0 Å². The average Bonchev–Trinajstić information content (AvgIpc) is 2.36. The molecular weight excluding hydrogens is 200 g/mol. The summed E-state index contributed by atoms with van der Waals surface area (Å²) in [5.74, 6) is 0.443. The van der Waals surface area contributed by atoms with Crippen LogP contribution in [0.1, 0.15) is 52.4 Å². The van der Waals surface area contributed by atoms with E-state index in [1.165, 1.54) is 0 Å². The maximum Gasteiger partial charge on any atom is 0.240 e. The van der Waals surface area contributed by atoms with Gasteiger partial charge in [0.2, 0.25) is 5.91 Å². The first-order valence-corrected chi connectivity index (χ1v) is 6.34. The van der Waals surface area contributed by atoms with Crippen LogP contribution in [0, 0.1) is 22.7 Å². The molecule has 0 aromatic carbocycles. The van der Waals surface area contributed by atoms with Crippen LogP contribution >= 0.6 is 0 Å². The Morgan fingerprint density at radius 1 is 1.44 bits per heavy atom. The van der Waals surface area contributed by atoms with Gasteiger partial charge in [0.15, 0.2) is 0 Å². The zero-order chi connectivity index (χ0) is 12.0. The van der Waals surface area contributed by atoms with Crippen LogP contribution in [-0.4, -0.2) is 12.5 Å². The Morgan fingerprint density at radius 3 is 2.56 bits per heavy atom. The van der Waals surface area contributed by atoms with E-state index < -0.39 is 5.41 Å². The van der Waals surface area contributed by atoms with Crippen molar-refractivity contribution in [3.05, 3.63) is 0 Å². The van der Waals surface area contributed by atoms with Gasteiger partial charge in [0, 0.05) is 6.54 Å². The molecule has 1 unspecified atom stereocenters. The Kier molecular flexibility index (Phi) is 4.79. The third kappa shape index (κ3) is 2.98. The van der Waals surface area contributed by atoms with Crippen molar-refractivity contribution in [2.75, 3.05) is 6.54 Å². The number of carbonyl (C=O) groups excluding carboxylic acids is 1. The minimum atomic E-state index is -0.730. The topological polar surface area (TPSA) is 52.9 Å². The van der Waals surface area contributed by atoms with E-state index in [4.69, 9.17) is 0 Å². The molecule has 0 aromatic rings. The molecule has 1 saturated carbocycles. The molecule has 1 aliphatic rings. The molecule has 1 aliphatic carbocycles. The second kappa shape index (κ2) is 5.89. The van der Waals surface area contributed by atoms with Crippen LogP contribution in [0.15, 0.2) is 0 Å². The van der Waals surface area contributed by atoms with E-state index in [2.05, 4.69) is 25.2 Å². The van der Waals surface area contributed by atoms with Crippen LogP contribution in [-0.2, 0) is 4.79 Å². The van der Waals surface area contributed by atoms with Crippen molar-refractivity contribution in [1.29, 1.82) is 5.26 Å². The Balaban J connectivity index is 2.53. The monoisotopic (exact) mass is 222 g/mol. The van der Waals surface area contributed by atoms with Gasteiger partial charge in [0.05, 0.1) is 6.07 Å². The van der Waals surface area contributed by atoms with Crippen molar-refractivity contribution in [3.63, 3.8) is 0 Å². The average molecular weight is 222 g/mol. The van der Waals surface area contributed by atoms with Gasteiger partial charge < -0.3 is 5.32 Å². The van der Waals surface area contributed by atoms with Gasteiger partial charge in [-0.05, 0) is 18.8 Å². The van der Waals surface area contributed by atoms with Crippen LogP contribution in [0.3, 0.4) is 0 Å². The van der Waals surface area contributed by atoms with Crippen molar-refractivity contribution in [3.8, 4) is 6.07 Å². The number of nitrogens with one attached hydrogen (secondary N) is 1. The SMILES string of the molecule is CCC(C)CNC(=O)C1(C#N)CCCCC1. The molecule has 1 fully saturated rings. The zero-order valence-electron chi connectivity index (χ0n) is 10.4. The maximum absolute atomic E-state index is 12.0. The third-order valence-corrected chi connectivity index (χ3v) is 3.66. The second-order valence-electron chi connectivity index (χ2n) is 4.98. The van der Waals surface area contributed by atoms with Crippen molar-refractivity contribution in [1.82, 2.24) is 5.32 Å². The highest BCUT2D eigenvalue weighted by molar-refractivity contribution is 5.85. The molecule has 90 valence electrons. The minimum absolute atomic E-state index is 0.0463. The highest BCUT2D eigenvalue weighted by atomic mass is 16.2.